The highest BCUT2D eigenvalue weighted by molar-refractivity contribution is 5.85. The fraction of sp³-hybridized carbons (Fsp3) is 0.600. The Bertz CT molecular complexity index is 528. The van der Waals surface area contributed by atoms with Gasteiger partial charge in [0.25, 0.3) is 0 Å². The molecule has 2 heterocycles. The van der Waals surface area contributed by atoms with E-state index >= 15 is 0 Å². The van der Waals surface area contributed by atoms with E-state index in [1.54, 1.807) is 12.1 Å². The Morgan fingerprint density at radius 1 is 1.24 bits per heavy atom. The van der Waals surface area contributed by atoms with Crippen LogP contribution in [0.2, 0.25) is 0 Å². The first kappa shape index (κ1) is 14.1. The van der Waals surface area contributed by atoms with E-state index in [4.69, 9.17) is 5.11 Å². The lowest BCUT2D eigenvalue weighted by Crippen LogP contribution is -2.42. The highest BCUT2D eigenvalue weighted by Gasteiger charge is 2.27. The van der Waals surface area contributed by atoms with E-state index in [1.165, 1.54) is 0 Å². The molecule has 0 aromatic carbocycles. The van der Waals surface area contributed by atoms with Gasteiger partial charge in [0.2, 0.25) is 5.91 Å². The molecule has 1 aromatic rings. The summed E-state index contributed by atoms with van der Waals surface area (Å²) in [7, 11) is 0. The number of likely N-dealkylation sites (tertiary alicyclic amines) is 1. The van der Waals surface area contributed by atoms with Crippen molar-refractivity contribution < 1.29 is 14.7 Å². The van der Waals surface area contributed by atoms with Crippen LogP contribution >= 0.6 is 0 Å². The highest BCUT2D eigenvalue weighted by Crippen LogP contribution is 2.24. The number of amides is 1. The first-order chi connectivity index (χ1) is 10.1. The van der Waals surface area contributed by atoms with Crippen LogP contribution in [0.5, 0.6) is 0 Å². The zero-order valence-corrected chi connectivity index (χ0v) is 12.0. The van der Waals surface area contributed by atoms with Crippen LogP contribution in [0.1, 0.15) is 42.2 Å². The maximum absolute atomic E-state index is 11.8. The molecule has 1 aliphatic carbocycles. The van der Waals surface area contributed by atoms with Gasteiger partial charge in [0.1, 0.15) is 5.69 Å². The maximum atomic E-state index is 11.8. The molecule has 0 bridgehead atoms. The maximum Gasteiger partial charge on any atom is 0.352 e. The Kier molecular flexibility index (Phi) is 3.96. The quantitative estimate of drug-likeness (QED) is 0.852. The van der Waals surface area contributed by atoms with Crippen LogP contribution in [0, 0.1) is 0 Å². The van der Waals surface area contributed by atoms with E-state index in [1.807, 2.05) is 10.8 Å². The van der Waals surface area contributed by atoms with E-state index in [2.05, 4.69) is 10.2 Å². The molecule has 1 aliphatic heterocycles. The first-order valence-corrected chi connectivity index (χ1v) is 7.55. The van der Waals surface area contributed by atoms with Crippen molar-refractivity contribution in [3.8, 4) is 0 Å². The molecule has 2 N–H and O–H groups in total. The van der Waals surface area contributed by atoms with Crippen LogP contribution < -0.4 is 5.32 Å². The molecule has 1 amide bonds. The van der Waals surface area contributed by atoms with Gasteiger partial charge in [0.05, 0.1) is 6.54 Å². The minimum absolute atomic E-state index is 0.114. The number of aromatic carboxylic acids is 1. The molecule has 21 heavy (non-hydrogen) atoms. The Hall–Kier alpha value is -1.82. The summed E-state index contributed by atoms with van der Waals surface area (Å²) in [5, 5.41) is 12.2. The van der Waals surface area contributed by atoms with Crippen molar-refractivity contribution >= 4 is 11.9 Å². The molecule has 0 atom stereocenters. The third kappa shape index (κ3) is 3.44. The normalized spacial score (nSPS) is 20.4. The fourth-order valence-electron chi connectivity index (χ4n) is 2.95. The summed E-state index contributed by atoms with van der Waals surface area (Å²) in [4.78, 5) is 25.1. The summed E-state index contributed by atoms with van der Waals surface area (Å²) in [5.41, 5.74) is 0.347. The predicted octanol–water partition coefficient (Wildman–Crippen LogP) is 1.10. The average molecular weight is 291 g/mol. The van der Waals surface area contributed by atoms with Gasteiger partial charge in [-0.15, -0.1) is 0 Å². The average Bonchev–Trinajstić information content (AvgIpc) is 3.12. The largest absolute Gasteiger partial charge is 0.477 e. The summed E-state index contributed by atoms with van der Waals surface area (Å²) in [6.45, 7) is 2.13. The lowest BCUT2D eigenvalue weighted by atomic mass is 10.0. The summed E-state index contributed by atoms with van der Waals surface area (Å²) in [5.74, 6) is -0.769. The molecular formula is C15H21N3O3. The van der Waals surface area contributed by atoms with Gasteiger partial charge in [-0.25, -0.2) is 4.79 Å². The Morgan fingerprint density at radius 2 is 1.95 bits per heavy atom. The van der Waals surface area contributed by atoms with Crippen molar-refractivity contribution in [3.05, 3.63) is 24.0 Å². The molecule has 1 saturated heterocycles. The highest BCUT2D eigenvalue weighted by atomic mass is 16.4. The molecule has 0 unspecified atom stereocenters. The molecule has 3 rings (SSSR count). The number of nitrogens with one attached hydrogen (secondary N) is 1. The number of hydrogen-bond acceptors (Lipinski definition) is 3. The van der Waals surface area contributed by atoms with Crippen LogP contribution in [0.25, 0.3) is 0 Å². The van der Waals surface area contributed by atoms with Gasteiger partial charge in [-0.3, -0.25) is 9.69 Å². The zero-order chi connectivity index (χ0) is 14.8. The summed E-state index contributed by atoms with van der Waals surface area (Å²) < 4.78 is 1.85. The number of carbonyl (C=O) groups is 2. The summed E-state index contributed by atoms with van der Waals surface area (Å²) >= 11 is 0. The van der Waals surface area contributed by atoms with Gasteiger partial charge in [0, 0.05) is 31.4 Å². The topological polar surface area (TPSA) is 74.6 Å². The van der Waals surface area contributed by atoms with Gasteiger partial charge in [-0.2, -0.15) is 0 Å². The van der Waals surface area contributed by atoms with E-state index in [0.717, 1.165) is 38.8 Å². The van der Waals surface area contributed by atoms with Crippen molar-refractivity contribution in [2.75, 3.05) is 19.6 Å². The van der Waals surface area contributed by atoms with E-state index < -0.39 is 5.97 Å². The lowest BCUT2D eigenvalue weighted by molar-refractivity contribution is -0.122. The van der Waals surface area contributed by atoms with Crippen LogP contribution in [-0.4, -0.2) is 52.1 Å². The van der Waals surface area contributed by atoms with E-state index in [-0.39, 0.29) is 11.9 Å². The first-order valence-electron chi connectivity index (χ1n) is 7.55. The van der Waals surface area contributed by atoms with Gasteiger partial charge in [-0.1, -0.05) is 0 Å². The van der Waals surface area contributed by atoms with Crippen LogP contribution in [0.3, 0.4) is 0 Å². The molecule has 0 radical (unpaired) electrons. The second kappa shape index (κ2) is 5.89. The Morgan fingerprint density at radius 3 is 2.57 bits per heavy atom. The third-order valence-corrected chi connectivity index (χ3v) is 4.26. The Balaban J connectivity index is 1.51. The minimum atomic E-state index is -0.883. The van der Waals surface area contributed by atoms with Crippen molar-refractivity contribution in [1.82, 2.24) is 14.8 Å². The van der Waals surface area contributed by atoms with E-state index in [9.17, 15) is 9.59 Å². The second-order valence-electron chi connectivity index (χ2n) is 5.95. The lowest BCUT2D eigenvalue weighted by Gasteiger charge is -2.32. The third-order valence-electron chi connectivity index (χ3n) is 4.26. The SMILES string of the molecule is O=C(CN1CCC(n2cccc2C(=O)O)CC1)NC1CC1. The standard InChI is InChI=1S/C15H21N3O3/c19-14(16-11-3-4-11)10-17-8-5-12(6-9-17)18-7-1-2-13(18)15(20)21/h1-2,7,11-12H,3-6,8-10H2,(H,16,19)(H,20,21). The van der Waals surface area contributed by atoms with Crippen LogP contribution in [0.4, 0.5) is 0 Å². The molecule has 6 nitrogen and oxygen atoms in total. The summed E-state index contributed by atoms with van der Waals surface area (Å²) in [6, 6.07) is 4.04. The smallest absolute Gasteiger partial charge is 0.352 e. The van der Waals surface area contributed by atoms with Crippen molar-refractivity contribution in [3.63, 3.8) is 0 Å². The van der Waals surface area contributed by atoms with Gasteiger partial charge >= 0.3 is 5.97 Å². The second-order valence-corrected chi connectivity index (χ2v) is 5.95. The molecule has 0 spiro atoms. The number of piperidine rings is 1. The molecule has 2 aliphatic rings. The number of carboxylic acid groups (broad SMARTS) is 1. The number of nitrogens with zero attached hydrogens (tertiary/aromatic N) is 2. The van der Waals surface area contributed by atoms with Crippen LogP contribution in [-0.2, 0) is 4.79 Å². The van der Waals surface area contributed by atoms with Crippen molar-refractivity contribution in [2.45, 2.75) is 37.8 Å². The van der Waals surface area contributed by atoms with Crippen molar-refractivity contribution in [1.29, 1.82) is 0 Å². The van der Waals surface area contributed by atoms with E-state index in [0.29, 0.717) is 18.3 Å². The van der Waals surface area contributed by atoms with Gasteiger partial charge < -0.3 is 15.0 Å². The number of carbonyl (C=O) groups excluding carboxylic acids is 1. The molecule has 1 saturated carbocycles. The molecule has 6 heteroatoms. The van der Waals surface area contributed by atoms with Gasteiger partial charge in [-0.05, 0) is 37.8 Å². The number of rotatable bonds is 5. The molecule has 114 valence electrons. The number of hydrogen-bond donors (Lipinski definition) is 2. The minimum Gasteiger partial charge on any atom is -0.477 e. The number of aromatic nitrogens is 1. The molecule has 2 fully saturated rings. The van der Waals surface area contributed by atoms with Crippen molar-refractivity contribution in [2.24, 2.45) is 0 Å². The fourth-order valence-corrected chi connectivity index (χ4v) is 2.95. The van der Waals surface area contributed by atoms with Crippen LogP contribution in [0.15, 0.2) is 18.3 Å². The molecule has 1 aromatic heterocycles. The predicted molar refractivity (Wildman–Crippen MR) is 77.3 cm³/mol. The zero-order valence-electron chi connectivity index (χ0n) is 12.0. The molecular weight excluding hydrogens is 270 g/mol. The number of carboxylic acids is 1. The Labute approximate surface area is 123 Å². The van der Waals surface area contributed by atoms with Gasteiger partial charge in [0.15, 0.2) is 0 Å². The monoisotopic (exact) mass is 291 g/mol. The summed E-state index contributed by atoms with van der Waals surface area (Å²) in [6.07, 6.45) is 5.82.